The van der Waals surface area contributed by atoms with E-state index in [1.807, 2.05) is 12.1 Å². The molecule has 1 saturated heterocycles. The lowest BCUT2D eigenvalue weighted by Gasteiger charge is -2.34. The maximum absolute atomic E-state index is 12.4. The van der Waals surface area contributed by atoms with Crippen LogP contribution in [0.4, 0.5) is 0 Å². The van der Waals surface area contributed by atoms with Gasteiger partial charge in [-0.05, 0) is 24.8 Å². The summed E-state index contributed by atoms with van der Waals surface area (Å²) in [5.74, 6) is 1.13. The minimum absolute atomic E-state index is 0.203. The van der Waals surface area contributed by atoms with Crippen molar-refractivity contribution in [2.45, 2.75) is 19.2 Å². The zero-order chi connectivity index (χ0) is 25.3. The van der Waals surface area contributed by atoms with Crippen LogP contribution in [0.2, 0.25) is 0 Å². The number of hydrogen-bond donors (Lipinski definition) is 0. The van der Waals surface area contributed by atoms with Gasteiger partial charge in [0.15, 0.2) is 17.6 Å². The molecule has 37 heavy (non-hydrogen) atoms. The van der Waals surface area contributed by atoms with Gasteiger partial charge in [-0.15, -0.1) is 0 Å². The number of fused-ring (bicyclic) bond motifs is 5. The van der Waals surface area contributed by atoms with Crippen LogP contribution in [-0.4, -0.2) is 91.9 Å². The molecule has 1 fully saturated rings. The Morgan fingerprint density at radius 2 is 1.86 bits per heavy atom. The average Bonchev–Trinajstić information content (AvgIpc) is 3.27. The van der Waals surface area contributed by atoms with E-state index >= 15 is 0 Å². The first kappa shape index (κ1) is 22.8. The molecule has 0 saturated carbocycles. The van der Waals surface area contributed by atoms with Gasteiger partial charge in [0.05, 0.1) is 23.5 Å². The molecule has 0 amide bonds. The molecular weight excluding hydrogens is 472 g/mol. The quantitative estimate of drug-likeness (QED) is 0.588. The second-order valence-corrected chi connectivity index (χ2v) is 10.2. The largest absolute Gasteiger partial charge is 0.486 e. The van der Waals surface area contributed by atoms with Gasteiger partial charge in [0.2, 0.25) is 0 Å². The highest BCUT2D eigenvalue weighted by Gasteiger charge is 2.41. The number of carbonyl (C=O) groups is 1. The Balaban J connectivity index is 1.39. The lowest BCUT2D eigenvalue weighted by Crippen LogP contribution is -2.44. The van der Waals surface area contributed by atoms with E-state index in [1.165, 1.54) is 18.2 Å². The van der Waals surface area contributed by atoms with Gasteiger partial charge in [0, 0.05) is 73.7 Å². The number of ether oxygens (including phenoxy) is 4. The van der Waals surface area contributed by atoms with Gasteiger partial charge in [-0.1, -0.05) is 6.58 Å². The fourth-order valence-corrected chi connectivity index (χ4v) is 5.99. The summed E-state index contributed by atoms with van der Waals surface area (Å²) in [4.78, 5) is 24.7. The molecule has 2 aromatic rings. The molecule has 1 atom stereocenters. The van der Waals surface area contributed by atoms with Crippen LogP contribution < -0.4 is 9.47 Å². The van der Waals surface area contributed by atoms with Crippen molar-refractivity contribution in [1.29, 1.82) is 0 Å². The zero-order valence-corrected chi connectivity index (χ0v) is 21.2. The van der Waals surface area contributed by atoms with Crippen molar-refractivity contribution in [2.75, 3.05) is 60.2 Å². The third-order valence-electron chi connectivity index (χ3n) is 8.10. The van der Waals surface area contributed by atoms with Crippen molar-refractivity contribution >= 4 is 22.6 Å². The Kier molecular flexibility index (Phi) is 5.28. The molecule has 1 aromatic carbocycles. The summed E-state index contributed by atoms with van der Waals surface area (Å²) in [6, 6.07) is 4.10. The van der Waals surface area contributed by atoms with Crippen LogP contribution in [0.3, 0.4) is 0 Å². The highest BCUT2D eigenvalue weighted by molar-refractivity contribution is 5.92. The van der Waals surface area contributed by atoms with Gasteiger partial charge in [-0.25, -0.2) is 9.78 Å². The fraction of sp³-hybridized carbons (Fsp3) is 0.429. The molecule has 0 N–H and O–H groups in total. The van der Waals surface area contributed by atoms with Crippen LogP contribution >= 0.6 is 0 Å². The molecule has 1 aromatic heterocycles. The van der Waals surface area contributed by atoms with E-state index in [-0.39, 0.29) is 12.6 Å². The second kappa shape index (κ2) is 8.58. The molecule has 0 spiro atoms. The molecule has 0 bridgehead atoms. The number of piperazine rings is 1. The maximum atomic E-state index is 12.4. The topological polar surface area (TPSA) is 76.6 Å². The summed E-state index contributed by atoms with van der Waals surface area (Å²) in [5, 5.41) is 1.10. The summed E-state index contributed by atoms with van der Waals surface area (Å²) < 4.78 is 22.8. The third kappa shape index (κ3) is 3.56. The number of nitrogens with zero attached hydrogens (tertiary/aromatic N) is 4. The first-order valence-corrected chi connectivity index (χ1v) is 12.8. The number of likely N-dealkylation sites (N-methyl/N-ethyl adjacent to an activating group) is 1. The lowest BCUT2D eigenvalue weighted by atomic mass is 9.93. The van der Waals surface area contributed by atoms with Crippen LogP contribution in [0.25, 0.3) is 16.6 Å². The number of esters is 1. The van der Waals surface area contributed by atoms with E-state index in [0.29, 0.717) is 19.8 Å². The summed E-state index contributed by atoms with van der Waals surface area (Å²) in [6.45, 7) is 11.3. The van der Waals surface area contributed by atoms with E-state index in [0.717, 1.165) is 83.4 Å². The Morgan fingerprint density at radius 1 is 1.11 bits per heavy atom. The number of aromatic nitrogens is 1. The van der Waals surface area contributed by atoms with Gasteiger partial charge in [0.1, 0.15) is 19.8 Å². The summed E-state index contributed by atoms with van der Waals surface area (Å²) in [5.41, 5.74) is 7.77. The summed E-state index contributed by atoms with van der Waals surface area (Å²) in [7, 11) is 3.70. The molecule has 192 valence electrons. The van der Waals surface area contributed by atoms with Gasteiger partial charge in [-0.2, -0.15) is 0 Å². The molecule has 6 heterocycles. The number of rotatable bonds is 3. The molecule has 0 radical (unpaired) electrons. The highest BCUT2D eigenvalue weighted by Crippen LogP contribution is 2.47. The van der Waals surface area contributed by atoms with Crippen molar-refractivity contribution in [2.24, 2.45) is 0 Å². The third-order valence-corrected chi connectivity index (χ3v) is 8.10. The molecule has 9 nitrogen and oxygen atoms in total. The Labute approximate surface area is 215 Å². The fourth-order valence-electron chi connectivity index (χ4n) is 5.99. The SMILES string of the molecule is C=C1C2=C(C=C3c4nc5cc6c(cc5c(CN5CCN(C)CC5)c4CN13)OCCO6)C(OC)C(=O)OC2. The molecular formula is C28H30N4O5. The van der Waals surface area contributed by atoms with E-state index in [4.69, 9.17) is 23.9 Å². The highest BCUT2D eigenvalue weighted by atomic mass is 16.6. The number of pyridine rings is 1. The van der Waals surface area contributed by atoms with Gasteiger partial charge in [0.25, 0.3) is 0 Å². The number of hydrogen-bond acceptors (Lipinski definition) is 9. The van der Waals surface area contributed by atoms with Crippen molar-refractivity contribution in [3.63, 3.8) is 0 Å². The van der Waals surface area contributed by atoms with E-state index in [2.05, 4.69) is 34.4 Å². The lowest BCUT2D eigenvalue weighted by molar-refractivity contribution is -0.153. The van der Waals surface area contributed by atoms with Gasteiger partial charge >= 0.3 is 5.97 Å². The normalized spacial score (nSPS) is 23.6. The second-order valence-electron chi connectivity index (χ2n) is 10.2. The number of cyclic esters (lactones) is 1. The minimum Gasteiger partial charge on any atom is -0.486 e. The first-order chi connectivity index (χ1) is 18.0. The zero-order valence-electron chi connectivity index (χ0n) is 21.2. The van der Waals surface area contributed by atoms with Crippen LogP contribution in [-0.2, 0) is 27.4 Å². The Morgan fingerprint density at radius 3 is 2.62 bits per heavy atom. The van der Waals surface area contributed by atoms with Crippen LogP contribution in [0.1, 0.15) is 16.8 Å². The number of benzene rings is 1. The Bertz CT molecular complexity index is 1410. The minimum atomic E-state index is -0.762. The van der Waals surface area contributed by atoms with Crippen LogP contribution in [0.15, 0.2) is 41.6 Å². The van der Waals surface area contributed by atoms with Crippen molar-refractivity contribution in [3.05, 3.63) is 58.5 Å². The average molecular weight is 503 g/mol. The number of carbonyl (C=O) groups excluding carboxylic acids is 1. The van der Waals surface area contributed by atoms with Crippen molar-refractivity contribution < 1.29 is 23.7 Å². The standard InChI is InChI=1S/C28H30N4O5/c1-16-21-15-37-28(33)27(34-3)18(21)10-23-26-20(14-32(16)23)19(13-31-6-4-30(2)5-7-31)17-11-24-25(12-22(17)29-26)36-9-8-35-24/h10-12,27H,1,4-9,13-15H2,2-3H3. The summed E-state index contributed by atoms with van der Waals surface area (Å²) >= 11 is 0. The van der Waals surface area contributed by atoms with Crippen LogP contribution in [0, 0.1) is 0 Å². The van der Waals surface area contributed by atoms with Crippen molar-refractivity contribution in [1.82, 2.24) is 19.7 Å². The molecule has 5 aliphatic heterocycles. The predicted molar refractivity (Wildman–Crippen MR) is 137 cm³/mol. The van der Waals surface area contributed by atoms with Gasteiger partial charge in [-0.3, -0.25) is 4.90 Å². The molecule has 1 unspecified atom stereocenters. The summed E-state index contributed by atoms with van der Waals surface area (Å²) in [6.07, 6.45) is 1.28. The molecule has 9 heteroatoms. The van der Waals surface area contributed by atoms with E-state index in [9.17, 15) is 4.79 Å². The molecule has 0 aliphatic carbocycles. The predicted octanol–water partition coefficient (Wildman–Crippen LogP) is 2.31. The monoisotopic (exact) mass is 502 g/mol. The van der Waals surface area contributed by atoms with Crippen molar-refractivity contribution in [3.8, 4) is 11.5 Å². The first-order valence-electron chi connectivity index (χ1n) is 12.8. The molecule has 5 aliphatic rings. The maximum Gasteiger partial charge on any atom is 0.340 e. The van der Waals surface area contributed by atoms with E-state index in [1.54, 1.807) is 0 Å². The Hall–Kier alpha value is -3.40. The molecule has 7 rings (SSSR count). The smallest absolute Gasteiger partial charge is 0.340 e. The van der Waals surface area contributed by atoms with E-state index < -0.39 is 6.10 Å². The van der Waals surface area contributed by atoms with Gasteiger partial charge < -0.3 is 28.7 Å². The van der Waals surface area contributed by atoms with Crippen LogP contribution in [0.5, 0.6) is 11.5 Å². The number of methoxy groups -OCH3 is 1.